The van der Waals surface area contributed by atoms with Crippen LogP contribution >= 0.6 is 0 Å². The topological polar surface area (TPSA) is 26.0 Å². The molecule has 0 fully saturated rings. The second-order valence-corrected chi connectivity index (χ2v) is 3.56. The summed E-state index contributed by atoms with van der Waals surface area (Å²) in [4.78, 5) is 0. The first-order valence-electron chi connectivity index (χ1n) is 4.35. The SMILES string of the molecule is CCCC(C(C)C)C(C)N. The first-order chi connectivity index (χ1) is 4.59. The molecule has 62 valence electrons. The van der Waals surface area contributed by atoms with E-state index in [0.717, 1.165) is 5.92 Å². The summed E-state index contributed by atoms with van der Waals surface area (Å²) in [5, 5.41) is 0. The summed E-state index contributed by atoms with van der Waals surface area (Å²) in [7, 11) is 0. The minimum atomic E-state index is 0.361. The highest BCUT2D eigenvalue weighted by atomic mass is 14.6. The Bertz CT molecular complexity index is 68.8. The average molecular weight is 143 g/mol. The van der Waals surface area contributed by atoms with Crippen molar-refractivity contribution >= 4 is 0 Å². The van der Waals surface area contributed by atoms with Crippen molar-refractivity contribution in [3.05, 3.63) is 0 Å². The maximum absolute atomic E-state index is 5.82. The maximum atomic E-state index is 5.82. The van der Waals surface area contributed by atoms with E-state index in [2.05, 4.69) is 27.7 Å². The molecule has 2 atom stereocenters. The van der Waals surface area contributed by atoms with E-state index in [-0.39, 0.29) is 0 Å². The predicted molar refractivity (Wildman–Crippen MR) is 46.9 cm³/mol. The lowest BCUT2D eigenvalue weighted by molar-refractivity contribution is 0.308. The Morgan fingerprint density at radius 3 is 1.80 bits per heavy atom. The smallest absolute Gasteiger partial charge is 0.00412 e. The van der Waals surface area contributed by atoms with E-state index < -0.39 is 0 Å². The van der Waals surface area contributed by atoms with Gasteiger partial charge in [0.15, 0.2) is 0 Å². The summed E-state index contributed by atoms with van der Waals surface area (Å²) in [6, 6.07) is 0.361. The quantitative estimate of drug-likeness (QED) is 0.642. The van der Waals surface area contributed by atoms with Crippen LogP contribution in [-0.2, 0) is 0 Å². The van der Waals surface area contributed by atoms with Gasteiger partial charge in [-0.15, -0.1) is 0 Å². The Hall–Kier alpha value is -0.0400. The second kappa shape index (κ2) is 4.73. The number of hydrogen-bond donors (Lipinski definition) is 1. The fourth-order valence-electron chi connectivity index (χ4n) is 1.54. The van der Waals surface area contributed by atoms with Gasteiger partial charge in [0.1, 0.15) is 0 Å². The van der Waals surface area contributed by atoms with Gasteiger partial charge in [0.05, 0.1) is 0 Å². The zero-order chi connectivity index (χ0) is 8.15. The third kappa shape index (κ3) is 3.21. The van der Waals surface area contributed by atoms with Crippen LogP contribution in [0, 0.1) is 11.8 Å². The van der Waals surface area contributed by atoms with Crippen molar-refractivity contribution in [3.8, 4) is 0 Å². The molecule has 0 saturated carbocycles. The lowest BCUT2D eigenvalue weighted by Crippen LogP contribution is -2.30. The highest BCUT2D eigenvalue weighted by Crippen LogP contribution is 2.19. The minimum Gasteiger partial charge on any atom is -0.328 e. The van der Waals surface area contributed by atoms with Crippen LogP contribution in [0.3, 0.4) is 0 Å². The summed E-state index contributed by atoms with van der Waals surface area (Å²) in [6.45, 7) is 8.84. The molecule has 10 heavy (non-hydrogen) atoms. The molecule has 0 aromatic heterocycles. The first kappa shape index (κ1) is 9.96. The van der Waals surface area contributed by atoms with Gasteiger partial charge < -0.3 is 5.73 Å². The van der Waals surface area contributed by atoms with E-state index in [4.69, 9.17) is 5.73 Å². The largest absolute Gasteiger partial charge is 0.328 e. The number of nitrogens with two attached hydrogens (primary N) is 1. The molecule has 0 amide bonds. The molecule has 0 aliphatic heterocycles. The van der Waals surface area contributed by atoms with Crippen LogP contribution < -0.4 is 5.73 Å². The normalized spacial score (nSPS) is 17.4. The van der Waals surface area contributed by atoms with Crippen LogP contribution in [0.4, 0.5) is 0 Å². The van der Waals surface area contributed by atoms with E-state index in [1.165, 1.54) is 12.8 Å². The van der Waals surface area contributed by atoms with E-state index in [1.54, 1.807) is 0 Å². The third-order valence-corrected chi connectivity index (χ3v) is 2.15. The maximum Gasteiger partial charge on any atom is 0.00412 e. The molecular weight excluding hydrogens is 122 g/mol. The van der Waals surface area contributed by atoms with Crippen LogP contribution in [0.15, 0.2) is 0 Å². The van der Waals surface area contributed by atoms with Crippen LogP contribution in [-0.4, -0.2) is 6.04 Å². The molecule has 0 aromatic rings. The summed E-state index contributed by atoms with van der Waals surface area (Å²) in [6.07, 6.45) is 2.53. The molecule has 0 aromatic carbocycles. The van der Waals surface area contributed by atoms with Gasteiger partial charge in [-0.3, -0.25) is 0 Å². The molecule has 1 heteroatoms. The lowest BCUT2D eigenvalue weighted by Gasteiger charge is -2.23. The van der Waals surface area contributed by atoms with E-state index >= 15 is 0 Å². The second-order valence-electron chi connectivity index (χ2n) is 3.56. The Labute approximate surface area is 65.0 Å². The number of rotatable bonds is 4. The molecule has 0 aliphatic carbocycles. The van der Waals surface area contributed by atoms with Crippen molar-refractivity contribution in [1.82, 2.24) is 0 Å². The standard InChI is InChI=1S/C9H21N/c1-5-6-9(7(2)3)8(4)10/h7-9H,5-6,10H2,1-4H3. The van der Waals surface area contributed by atoms with Crippen molar-refractivity contribution < 1.29 is 0 Å². The Morgan fingerprint density at radius 1 is 1.20 bits per heavy atom. The zero-order valence-electron chi connectivity index (χ0n) is 7.72. The summed E-state index contributed by atoms with van der Waals surface area (Å²) < 4.78 is 0. The Balaban J connectivity index is 3.73. The highest BCUT2D eigenvalue weighted by molar-refractivity contribution is 4.70. The summed E-state index contributed by atoms with van der Waals surface area (Å²) >= 11 is 0. The fraction of sp³-hybridized carbons (Fsp3) is 1.00. The Morgan fingerprint density at radius 2 is 1.70 bits per heavy atom. The highest BCUT2D eigenvalue weighted by Gasteiger charge is 2.15. The van der Waals surface area contributed by atoms with Crippen molar-refractivity contribution in [1.29, 1.82) is 0 Å². The van der Waals surface area contributed by atoms with Gasteiger partial charge in [0.2, 0.25) is 0 Å². The molecule has 1 nitrogen and oxygen atoms in total. The molecule has 0 bridgehead atoms. The molecule has 0 radical (unpaired) electrons. The molecule has 0 spiro atoms. The van der Waals surface area contributed by atoms with Gasteiger partial charge in [0, 0.05) is 6.04 Å². The van der Waals surface area contributed by atoms with Crippen LogP contribution in [0.5, 0.6) is 0 Å². The van der Waals surface area contributed by atoms with Gasteiger partial charge in [-0.2, -0.15) is 0 Å². The molecule has 0 rings (SSSR count). The van der Waals surface area contributed by atoms with Gasteiger partial charge >= 0.3 is 0 Å². The summed E-state index contributed by atoms with van der Waals surface area (Å²) in [5.74, 6) is 1.45. The van der Waals surface area contributed by atoms with Gasteiger partial charge in [-0.05, 0) is 25.2 Å². The van der Waals surface area contributed by atoms with Gasteiger partial charge in [-0.25, -0.2) is 0 Å². The zero-order valence-corrected chi connectivity index (χ0v) is 7.72. The molecule has 0 aliphatic rings. The molecular formula is C9H21N. The first-order valence-corrected chi connectivity index (χ1v) is 4.35. The monoisotopic (exact) mass is 143 g/mol. The molecule has 2 unspecified atom stereocenters. The van der Waals surface area contributed by atoms with E-state index in [0.29, 0.717) is 12.0 Å². The predicted octanol–water partition coefficient (Wildman–Crippen LogP) is 2.41. The van der Waals surface area contributed by atoms with Gasteiger partial charge in [0.25, 0.3) is 0 Å². The van der Waals surface area contributed by atoms with Crippen molar-refractivity contribution in [3.63, 3.8) is 0 Å². The van der Waals surface area contributed by atoms with Crippen molar-refractivity contribution in [2.45, 2.75) is 46.6 Å². The van der Waals surface area contributed by atoms with E-state index in [9.17, 15) is 0 Å². The minimum absolute atomic E-state index is 0.361. The average Bonchev–Trinajstić information content (AvgIpc) is 1.81. The molecule has 0 saturated heterocycles. The van der Waals surface area contributed by atoms with E-state index in [1.807, 2.05) is 0 Å². The number of hydrogen-bond acceptors (Lipinski definition) is 1. The summed E-state index contributed by atoms with van der Waals surface area (Å²) in [5.41, 5.74) is 5.82. The fourth-order valence-corrected chi connectivity index (χ4v) is 1.54. The van der Waals surface area contributed by atoms with Crippen LogP contribution in [0.2, 0.25) is 0 Å². The van der Waals surface area contributed by atoms with Crippen LogP contribution in [0.25, 0.3) is 0 Å². The Kier molecular flexibility index (Phi) is 4.71. The molecule has 0 heterocycles. The van der Waals surface area contributed by atoms with Gasteiger partial charge in [-0.1, -0.05) is 27.2 Å². The van der Waals surface area contributed by atoms with Crippen molar-refractivity contribution in [2.24, 2.45) is 17.6 Å². The lowest BCUT2D eigenvalue weighted by atomic mass is 9.86. The van der Waals surface area contributed by atoms with Crippen molar-refractivity contribution in [2.75, 3.05) is 0 Å². The van der Waals surface area contributed by atoms with Crippen LogP contribution in [0.1, 0.15) is 40.5 Å². The molecule has 2 N–H and O–H groups in total. The third-order valence-electron chi connectivity index (χ3n) is 2.15.